The summed E-state index contributed by atoms with van der Waals surface area (Å²) >= 11 is 5.94. The molecule has 0 aromatic heterocycles. The summed E-state index contributed by atoms with van der Waals surface area (Å²) in [5.74, 6) is 1.71. The van der Waals surface area contributed by atoms with Crippen molar-refractivity contribution in [1.29, 1.82) is 0 Å². The predicted octanol–water partition coefficient (Wildman–Crippen LogP) is 4.22. The number of nitrogens with one attached hydrogen (secondary N) is 1. The van der Waals surface area contributed by atoms with E-state index >= 15 is 0 Å². The third kappa shape index (κ3) is 4.37. The molecule has 2 aromatic rings. The second kappa shape index (κ2) is 7.66. The third-order valence-corrected chi connectivity index (χ3v) is 4.06. The molecule has 0 fully saturated rings. The number of benzene rings is 2. The number of hydrogen-bond donors (Lipinski definition) is 1. The van der Waals surface area contributed by atoms with Gasteiger partial charge in [0.25, 0.3) is 5.91 Å². The standard InChI is InChI=1S/C19H20ClNO4/c1-12-10-14(20)4-6-16(12)25-13(2)19(22)21-15-5-7-17-18(11-15)24-9-3-8-23-17/h4-7,10-11,13H,3,8-9H2,1-2H3,(H,21,22). The summed E-state index contributed by atoms with van der Waals surface area (Å²) in [7, 11) is 0. The average Bonchev–Trinajstić information content (AvgIpc) is 2.82. The maximum atomic E-state index is 12.4. The Morgan fingerprint density at radius 3 is 2.68 bits per heavy atom. The van der Waals surface area contributed by atoms with E-state index < -0.39 is 6.10 Å². The van der Waals surface area contributed by atoms with E-state index in [9.17, 15) is 4.79 Å². The van der Waals surface area contributed by atoms with Gasteiger partial charge in [-0.2, -0.15) is 0 Å². The van der Waals surface area contributed by atoms with Gasteiger partial charge in [0.05, 0.1) is 13.2 Å². The molecule has 132 valence electrons. The molecule has 1 unspecified atom stereocenters. The van der Waals surface area contributed by atoms with E-state index in [1.807, 2.05) is 6.92 Å². The highest BCUT2D eigenvalue weighted by Gasteiger charge is 2.17. The number of rotatable bonds is 4. The largest absolute Gasteiger partial charge is 0.490 e. The molecule has 1 aliphatic rings. The average molecular weight is 362 g/mol. The summed E-state index contributed by atoms with van der Waals surface area (Å²) in [5.41, 5.74) is 1.51. The van der Waals surface area contributed by atoms with Gasteiger partial charge in [0.15, 0.2) is 17.6 Å². The summed E-state index contributed by atoms with van der Waals surface area (Å²) in [5, 5.41) is 3.47. The highest BCUT2D eigenvalue weighted by atomic mass is 35.5. The lowest BCUT2D eigenvalue weighted by Crippen LogP contribution is -2.30. The Kier molecular flexibility index (Phi) is 5.34. The van der Waals surface area contributed by atoms with Crippen molar-refractivity contribution in [3.05, 3.63) is 47.0 Å². The Morgan fingerprint density at radius 2 is 1.92 bits per heavy atom. The Balaban J connectivity index is 1.66. The van der Waals surface area contributed by atoms with E-state index in [2.05, 4.69) is 5.32 Å². The van der Waals surface area contributed by atoms with Crippen molar-refractivity contribution in [2.75, 3.05) is 18.5 Å². The second-order valence-corrected chi connectivity index (χ2v) is 6.31. The summed E-state index contributed by atoms with van der Waals surface area (Å²) in [6.45, 7) is 4.81. The first-order chi connectivity index (χ1) is 12.0. The van der Waals surface area contributed by atoms with Gasteiger partial charge in [0, 0.05) is 23.2 Å². The quantitative estimate of drug-likeness (QED) is 0.886. The van der Waals surface area contributed by atoms with Gasteiger partial charge in [-0.25, -0.2) is 0 Å². The van der Waals surface area contributed by atoms with Crippen molar-refractivity contribution in [3.63, 3.8) is 0 Å². The van der Waals surface area contributed by atoms with Crippen LogP contribution in [0.4, 0.5) is 5.69 Å². The number of anilines is 1. The van der Waals surface area contributed by atoms with Crippen molar-refractivity contribution >= 4 is 23.2 Å². The number of amides is 1. The van der Waals surface area contributed by atoms with Crippen LogP contribution < -0.4 is 19.5 Å². The van der Waals surface area contributed by atoms with Gasteiger partial charge < -0.3 is 19.5 Å². The lowest BCUT2D eigenvalue weighted by Gasteiger charge is -2.17. The minimum Gasteiger partial charge on any atom is -0.490 e. The predicted molar refractivity (Wildman–Crippen MR) is 97.0 cm³/mol. The molecular formula is C19H20ClNO4. The van der Waals surface area contributed by atoms with Crippen LogP contribution in [-0.2, 0) is 4.79 Å². The molecule has 25 heavy (non-hydrogen) atoms. The molecule has 0 saturated heterocycles. The lowest BCUT2D eigenvalue weighted by molar-refractivity contribution is -0.122. The van der Waals surface area contributed by atoms with E-state index in [4.69, 9.17) is 25.8 Å². The van der Waals surface area contributed by atoms with Crippen molar-refractivity contribution in [1.82, 2.24) is 0 Å². The fourth-order valence-corrected chi connectivity index (χ4v) is 2.70. The van der Waals surface area contributed by atoms with Crippen LogP contribution in [0.2, 0.25) is 5.02 Å². The summed E-state index contributed by atoms with van der Waals surface area (Å²) in [6, 6.07) is 10.6. The van der Waals surface area contributed by atoms with Gasteiger partial charge in [0.1, 0.15) is 5.75 Å². The molecule has 1 heterocycles. The minimum atomic E-state index is -0.657. The Morgan fingerprint density at radius 1 is 1.16 bits per heavy atom. The van der Waals surface area contributed by atoms with Crippen LogP contribution in [-0.4, -0.2) is 25.2 Å². The molecule has 1 N–H and O–H groups in total. The summed E-state index contributed by atoms with van der Waals surface area (Å²) in [4.78, 5) is 12.4. The Hall–Kier alpha value is -2.40. The zero-order chi connectivity index (χ0) is 17.8. The molecule has 1 aliphatic heterocycles. The number of aryl methyl sites for hydroxylation is 1. The lowest BCUT2D eigenvalue weighted by atomic mass is 10.2. The number of ether oxygens (including phenoxy) is 3. The van der Waals surface area contributed by atoms with Gasteiger partial charge in [-0.05, 0) is 49.7 Å². The highest BCUT2D eigenvalue weighted by molar-refractivity contribution is 6.30. The molecule has 0 bridgehead atoms. The molecule has 3 rings (SSSR count). The normalized spacial score (nSPS) is 14.4. The molecule has 6 heteroatoms. The molecular weight excluding hydrogens is 342 g/mol. The van der Waals surface area contributed by atoms with Gasteiger partial charge in [-0.1, -0.05) is 11.6 Å². The van der Waals surface area contributed by atoms with Crippen molar-refractivity contribution in [3.8, 4) is 17.2 Å². The third-order valence-electron chi connectivity index (χ3n) is 3.83. The zero-order valence-corrected chi connectivity index (χ0v) is 14.9. The first-order valence-electron chi connectivity index (χ1n) is 8.16. The maximum absolute atomic E-state index is 12.4. The summed E-state index contributed by atoms with van der Waals surface area (Å²) in [6.07, 6.45) is 0.178. The van der Waals surface area contributed by atoms with Crippen molar-refractivity contribution in [2.24, 2.45) is 0 Å². The number of carbonyl (C=O) groups excluding carboxylic acids is 1. The van der Waals surface area contributed by atoms with E-state index in [1.165, 1.54) is 0 Å². The Bertz CT molecular complexity index is 778. The molecule has 1 amide bonds. The fraction of sp³-hybridized carbons (Fsp3) is 0.316. The van der Waals surface area contributed by atoms with E-state index in [0.717, 1.165) is 12.0 Å². The fourth-order valence-electron chi connectivity index (χ4n) is 2.47. The van der Waals surface area contributed by atoms with Crippen molar-refractivity contribution < 1.29 is 19.0 Å². The van der Waals surface area contributed by atoms with Gasteiger partial charge in [0.2, 0.25) is 0 Å². The van der Waals surface area contributed by atoms with E-state index in [-0.39, 0.29) is 5.91 Å². The molecule has 1 atom stereocenters. The van der Waals surface area contributed by atoms with Crippen molar-refractivity contribution in [2.45, 2.75) is 26.4 Å². The Labute approximate surface area is 151 Å². The molecule has 0 spiro atoms. The number of hydrogen-bond acceptors (Lipinski definition) is 4. The SMILES string of the molecule is Cc1cc(Cl)ccc1OC(C)C(=O)Nc1ccc2c(c1)OCCCO2. The highest BCUT2D eigenvalue weighted by Crippen LogP contribution is 2.32. The van der Waals surface area contributed by atoms with Crippen LogP contribution >= 0.6 is 11.6 Å². The zero-order valence-electron chi connectivity index (χ0n) is 14.2. The molecule has 5 nitrogen and oxygen atoms in total. The minimum absolute atomic E-state index is 0.246. The van der Waals surface area contributed by atoms with Crippen LogP contribution in [0.1, 0.15) is 18.9 Å². The number of halogens is 1. The van der Waals surface area contributed by atoms with Gasteiger partial charge in [-0.15, -0.1) is 0 Å². The first kappa shape index (κ1) is 17.4. The number of fused-ring (bicyclic) bond motifs is 1. The second-order valence-electron chi connectivity index (χ2n) is 5.87. The summed E-state index contributed by atoms with van der Waals surface area (Å²) < 4.78 is 17.0. The van der Waals surface area contributed by atoms with Crippen LogP contribution in [0.25, 0.3) is 0 Å². The maximum Gasteiger partial charge on any atom is 0.265 e. The van der Waals surface area contributed by atoms with E-state index in [1.54, 1.807) is 43.3 Å². The molecule has 2 aromatic carbocycles. The topological polar surface area (TPSA) is 56.8 Å². The van der Waals surface area contributed by atoms with Gasteiger partial charge >= 0.3 is 0 Å². The molecule has 0 saturated carbocycles. The van der Waals surface area contributed by atoms with Gasteiger partial charge in [-0.3, -0.25) is 4.79 Å². The smallest absolute Gasteiger partial charge is 0.265 e. The van der Waals surface area contributed by atoms with E-state index in [0.29, 0.717) is 41.2 Å². The molecule has 0 radical (unpaired) electrons. The van der Waals surface area contributed by atoms with Crippen LogP contribution in [0.3, 0.4) is 0 Å². The molecule has 0 aliphatic carbocycles. The first-order valence-corrected chi connectivity index (χ1v) is 8.54. The van der Waals surface area contributed by atoms with Crippen LogP contribution in [0.15, 0.2) is 36.4 Å². The monoisotopic (exact) mass is 361 g/mol. The number of carbonyl (C=O) groups is 1. The van der Waals surface area contributed by atoms with Crippen LogP contribution in [0.5, 0.6) is 17.2 Å². The van der Waals surface area contributed by atoms with Crippen LogP contribution in [0, 0.1) is 6.92 Å².